The predicted molar refractivity (Wildman–Crippen MR) is 164 cm³/mol. The number of hydrogen-bond acceptors (Lipinski definition) is 8. The molecule has 42 heavy (non-hydrogen) atoms. The van der Waals surface area contributed by atoms with Crippen LogP contribution < -0.4 is 0 Å². The highest BCUT2D eigenvalue weighted by Gasteiger charge is 2.43. The zero-order valence-electron chi connectivity index (χ0n) is 24.6. The Morgan fingerprint density at radius 3 is 2.38 bits per heavy atom. The number of piperidine rings is 1. The van der Waals surface area contributed by atoms with Crippen LogP contribution in [0.1, 0.15) is 61.4 Å². The van der Waals surface area contributed by atoms with Crippen molar-refractivity contribution in [3.8, 4) is 0 Å². The van der Waals surface area contributed by atoms with E-state index in [0.29, 0.717) is 43.8 Å². The zero-order valence-corrected chi connectivity index (χ0v) is 25.4. The molecule has 9 heteroatoms. The van der Waals surface area contributed by atoms with Gasteiger partial charge in [-0.05, 0) is 57.1 Å². The number of benzene rings is 2. The Balaban J connectivity index is 1.50. The van der Waals surface area contributed by atoms with Crippen molar-refractivity contribution >= 4 is 40.5 Å². The second-order valence-corrected chi connectivity index (χ2v) is 11.5. The Hall–Kier alpha value is -3.85. The maximum Gasteiger partial charge on any atom is 0.338 e. The first kappa shape index (κ1) is 29.6. The molecule has 8 nitrogen and oxygen atoms in total. The summed E-state index contributed by atoms with van der Waals surface area (Å²) in [6.07, 6.45) is 1.35. The molecule has 0 bridgehead atoms. The third-order valence-electron chi connectivity index (χ3n) is 7.88. The third kappa shape index (κ3) is 6.02. The molecule has 0 aromatic heterocycles. The standard InChI is InChI=1S/C33H37N3O5S/c1-5-40-31(38)24-14-16-35(17-15-24)27(37)19-25-20-42-33-34-29(23-10-8-7-9-11-23)28(32(39)41-6-2)30(36(25)33)26-18-21(3)12-13-22(26)4/h7-13,18,20,24,30H,5-6,14-17,19H2,1-4H3/t30-/m0/s1. The van der Waals surface area contributed by atoms with E-state index in [4.69, 9.17) is 14.5 Å². The number of fused-ring (bicyclic) bond motifs is 1. The number of ether oxygens (including phenoxy) is 2. The average molecular weight is 588 g/mol. The van der Waals surface area contributed by atoms with Gasteiger partial charge in [0.05, 0.1) is 42.9 Å². The van der Waals surface area contributed by atoms with Crippen LogP contribution in [0.3, 0.4) is 0 Å². The fourth-order valence-electron chi connectivity index (χ4n) is 5.73. The fourth-order valence-corrected chi connectivity index (χ4v) is 6.65. The highest BCUT2D eigenvalue weighted by Crippen LogP contribution is 2.48. The molecular weight excluding hydrogens is 550 g/mol. The van der Waals surface area contributed by atoms with Crippen molar-refractivity contribution in [3.63, 3.8) is 0 Å². The molecule has 3 heterocycles. The Kier molecular flexibility index (Phi) is 9.16. The van der Waals surface area contributed by atoms with Crippen molar-refractivity contribution in [3.05, 3.63) is 87.5 Å². The number of aliphatic imine (C=N–C) groups is 1. The number of amidine groups is 1. The molecule has 1 saturated heterocycles. The number of amides is 1. The van der Waals surface area contributed by atoms with Crippen molar-refractivity contribution in [1.29, 1.82) is 0 Å². The smallest absolute Gasteiger partial charge is 0.338 e. The van der Waals surface area contributed by atoms with E-state index >= 15 is 0 Å². The first-order chi connectivity index (χ1) is 20.3. The number of thioether (sulfide) groups is 1. The minimum Gasteiger partial charge on any atom is -0.466 e. The summed E-state index contributed by atoms with van der Waals surface area (Å²) in [7, 11) is 0. The highest BCUT2D eigenvalue weighted by atomic mass is 32.2. The SMILES string of the molecule is CCOC(=O)C1=C(c2ccccc2)N=C2SC=C(CC(=O)N3CCC(C(=O)OCC)CC3)N2[C@H]1c1cc(C)ccc1C. The molecule has 0 spiro atoms. The topological polar surface area (TPSA) is 88.5 Å². The van der Waals surface area contributed by atoms with Crippen molar-refractivity contribution in [2.75, 3.05) is 26.3 Å². The molecule has 0 radical (unpaired) electrons. The number of nitrogens with zero attached hydrogens (tertiary/aromatic N) is 3. The Bertz CT molecular complexity index is 1460. The van der Waals surface area contributed by atoms with Gasteiger partial charge < -0.3 is 19.3 Å². The van der Waals surface area contributed by atoms with Crippen LogP contribution in [0.2, 0.25) is 0 Å². The van der Waals surface area contributed by atoms with Gasteiger partial charge in [0.2, 0.25) is 5.91 Å². The van der Waals surface area contributed by atoms with E-state index in [2.05, 4.69) is 18.2 Å². The number of aryl methyl sites for hydroxylation is 2. The molecule has 1 fully saturated rings. The van der Waals surface area contributed by atoms with Crippen molar-refractivity contribution in [1.82, 2.24) is 9.80 Å². The number of carbonyl (C=O) groups is 3. The lowest BCUT2D eigenvalue weighted by Crippen LogP contribution is -2.42. The normalized spacial score (nSPS) is 18.8. The predicted octanol–water partition coefficient (Wildman–Crippen LogP) is 5.77. The second kappa shape index (κ2) is 13.0. The van der Waals surface area contributed by atoms with Crippen LogP contribution in [0.25, 0.3) is 5.70 Å². The number of rotatable bonds is 8. The summed E-state index contributed by atoms with van der Waals surface area (Å²) < 4.78 is 10.8. The van der Waals surface area contributed by atoms with Gasteiger partial charge in [-0.1, -0.05) is 65.9 Å². The quantitative estimate of drug-likeness (QED) is 0.362. The minimum absolute atomic E-state index is 0.0133. The summed E-state index contributed by atoms with van der Waals surface area (Å²) in [5, 5.41) is 2.69. The molecule has 1 atom stereocenters. The van der Waals surface area contributed by atoms with Crippen LogP contribution in [0.5, 0.6) is 0 Å². The highest BCUT2D eigenvalue weighted by molar-refractivity contribution is 8.16. The fraction of sp³-hybridized carbons (Fsp3) is 0.394. The summed E-state index contributed by atoms with van der Waals surface area (Å²) in [6, 6.07) is 15.4. The van der Waals surface area contributed by atoms with Crippen molar-refractivity contribution in [2.24, 2.45) is 10.9 Å². The maximum atomic E-state index is 13.7. The molecule has 220 valence electrons. The summed E-state index contributed by atoms with van der Waals surface area (Å²) >= 11 is 1.46. The van der Waals surface area contributed by atoms with Crippen molar-refractivity contribution in [2.45, 2.75) is 53.0 Å². The lowest BCUT2D eigenvalue weighted by atomic mass is 9.88. The van der Waals surface area contributed by atoms with Gasteiger partial charge in [0.1, 0.15) is 0 Å². The molecule has 2 aromatic rings. The van der Waals surface area contributed by atoms with Gasteiger partial charge in [-0.3, -0.25) is 9.59 Å². The Morgan fingerprint density at radius 1 is 0.976 bits per heavy atom. The molecular formula is C33H37N3O5S. The van der Waals surface area contributed by atoms with Crippen LogP contribution in [-0.4, -0.2) is 59.1 Å². The molecule has 0 aliphatic carbocycles. The molecule has 2 aromatic carbocycles. The lowest BCUT2D eigenvalue weighted by molar-refractivity contribution is -0.151. The number of esters is 2. The largest absolute Gasteiger partial charge is 0.466 e. The van der Waals surface area contributed by atoms with Crippen LogP contribution >= 0.6 is 11.8 Å². The first-order valence-corrected chi connectivity index (χ1v) is 15.4. The lowest BCUT2D eigenvalue weighted by Gasteiger charge is -2.38. The van der Waals surface area contributed by atoms with E-state index in [1.165, 1.54) is 11.8 Å². The summed E-state index contributed by atoms with van der Waals surface area (Å²) in [4.78, 5) is 48.4. The van der Waals surface area contributed by atoms with Crippen LogP contribution in [0.4, 0.5) is 0 Å². The second-order valence-electron chi connectivity index (χ2n) is 10.7. The van der Waals surface area contributed by atoms with Crippen LogP contribution in [-0.2, 0) is 23.9 Å². The van der Waals surface area contributed by atoms with E-state index in [-0.39, 0.29) is 30.8 Å². The third-order valence-corrected chi connectivity index (χ3v) is 8.77. The van der Waals surface area contributed by atoms with Crippen LogP contribution in [0.15, 0.2) is 70.2 Å². The molecule has 0 unspecified atom stereocenters. The number of likely N-dealkylation sites (tertiary alicyclic amines) is 1. The van der Waals surface area contributed by atoms with Gasteiger partial charge in [-0.15, -0.1) is 0 Å². The number of hydrogen-bond donors (Lipinski definition) is 0. The summed E-state index contributed by atoms with van der Waals surface area (Å²) in [5.74, 6) is -0.787. The number of carbonyl (C=O) groups excluding carboxylic acids is 3. The molecule has 3 aliphatic rings. The van der Waals surface area contributed by atoms with Gasteiger partial charge in [0.15, 0.2) is 5.17 Å². The summed E-state index contributed by atoms with van der Waals surface area (Å²) in [6.45, 7) is 9.29. The minimum atomic E-state index is -0.518. The Morgan fingerprint density at radius 2 is 1.69 bits per heavy atom. The molecule has 1 amide bonds. The van der Waals surface area contributed by atoms with E-state index in [1.807, 2.05) is 59.4 Å². The van der Waals surface area contributed by atoms with Gasteiger partial charge in [-0.2, -0.15) is 0 Å². The van der Waals surface area contributed by atoms with Crippen molar-refractivity contribution < 1.29 is 23.9 Å². The average Bonchev–Trinajstić information content (AvgIpc) is 3.40. The van der Waals surface area contributed by atoms with Crippen LogP contribution in [0, 0.1) is 19.8 Å². The van der Waals surface area contributed by atoms with E-state index < -0.39 is 12.0 Å². The monoisotopic (exact) mass is 587 g/mol. The summed E-state index contributed by atoms with van der Waals surface area (Å²) in [5.41, 5.74) is 5.73. The van der Waals surface area contributed by atoms with Gasteiger partial charge in [-0.25, -0.2) is 9.79 Å². The molecule has 0 N–H and O–H groups in total. The van der Waals surface area contributed by atoms with Gasteiger partial charge in [0, 0.05) is 24.4 Å². The van der Waals surface area contributed by atoms with E-state index in [0.717, 1.165) is 33.1 Å². The Labute approximate surface area is 251 Å². The van der Waals surface area contributed by atoms with Gasteiger partial charge >= 0.3 is 11.9 Å². The molecule has 0 saturated carbocycles. The maximum absolute atomic E-state index is 13.7. The van der Waals surface area contributed by atoms with E-state index in [1.54, 1.807) is 13.8 Å². The molecule has 5 rings (SSSR count). The van der Waals surface area contributed by atoms with E-state index in [9.17, 15) is 14.4 Å². The first-order valence-electron chi connectivity index (χ1n) is 14.5. The molecule has 3 aliphatic heterocycles. The zero-order chi connectivity index (χ0) is 29.8. The van der Waals surface area contributed by atoms with Gasteiger partial charge in [0.25, 0.3) is 0 Å².